The quantitative estimate of drug-likeness (QED) is 0.781. The average molecular weight is 235 g/mol. The van der Waals surface area contributed by atoms with Crippen molar-refractivity contribution in [3.05, 3.63) is 23.9 Å². The highest BCUT2D eigenvalue weighted by Crippen LogP contribution is 2.23. The van der Waals surface area contributed by atoms with Crippen LogP contribution in [0, 0.1) is 0 Å². The highest BCUT2D eigenvalue weighted by atomic mass is 16.3. The average Bonchev–Trinajstić information content (AvgIpc) is 2.54. The van der Waals surface area contributed by atoms with Gasteiger partial charge in [-0.1, -0.05) is 6.07 Å². The number of amides is 1. The van der Waals surface area contributed by atoms with E-state index >= 15 is 0 Å². The zero-order chi connectivity index (χ0) is 12.3. The first-order valence-corrected chi connectivity index (χ1v) is 5.83. The Balaban J connectivity index is 2.23. The van der Waals surface area contributed by atoms with Gasteiger partial charge in [0.15, 0.2) is 0 Å². The highest BCUT2D eigenvalue weighted by Gasteiger charge is 2.18. The number of nitrogens with one attached hydrogen (secondary N) is 1. The fraction of sp³-hybridized carbons (Fsp3) is 0.500. The lowest BCUT2D eigenvalue weighted by Gasteiger charge is -2.24. The van der Waals surface area contributed by atoms with Gasteiger partial charge in [-0.15, -0.1) is 0 Å². The van der Waals surface area contributed by atoms with E-state index in [-0.39, 0.29) is 5.91 Å². The zero-order valence-corrected chi connectivity index (χ0v) is 9.89. The molecular weight excluding hydrogens is 218 g/mol. The van der Waals surface area contributed by atoms with E-state index in [9.17, 15) is 9.90 Å². The van der Waals surface area contributed by atoms with Crippen LogP contribution in [0.25, 0.3) is 0 Å². The molecule has 17 heavy (non-hydrogen) atoms. The molecule has 0 saturated carbocycles. The standard InChI is InChI=1S/C12H17N3O2/c1-9(16)10-3-2-5-14-12(10)15-7-4-11(17)13-6-8-15/h2-3,5,9,16H,4,6-8H2,1H3,(H,13,17)/t9-/m1/s1. The van der Waals surface area contributed by atoms with Gasteiger partial charge in [0, 0.05) is 37.8 Å². The lowest BCUT2D eigenvalue weighted by atomic mass is 10.1. The molecule has 0 bridgehead atoms. The summed E-state index contributed by atoms with van der Waals surface area (Å²) in [5.41, 5.74) is 0.807. The lowest BCUT2D eigenvalue weighted by molar-refractivity contribution is -0.120. The third kappa shape index (κ3) is 2.74. The van der Waals surface area contributed by atoms with E-state index in [1.807, 2.05) is 17.0 Å². The van der Waals surface area contributed by atoms with Crippen molar-refractivity contribution in [1.29, 1.82) is 0 Å². The summed E-state index contributed by atoms with van der Waals surface area (Å²) < 4.78 is 0. The van der Waals surface area contributed by atoms with Gasteiger partial charge in [0.2, 0.25) is 5.91 Å². The number of hydrogen-bond donors (Lipinski definition) is 2. The molecule has 1 amide bonds. The highest BCUT2D eigenvalue weighted by molar-refractivity contribution is 5.77. The van der Waals surface area contributed by atoms with Gasteiger partial charge in [-0.3, -0.25) is 4.79 Å². The van der Waals surface area contributed by atoms with E-state index in [0.717, 1.165) is 17.9 Å². The topological polar surface area (TPSA) is 65.5 Å². The summed E-state index contributed by atoms with van der Waals surface area (Å²) in [5, 5.41) is 12.5. The maximum atomic E-state index is 11.3. The minimum absolute atomic E-state index is 0.0713. The monoisotopic (exact) mass is 235 g/mol. The van der Waals surface area contributed by atoms with E-state index in [1.165, 1.54) is 0 Å². The number of carbonyl (C=O) groups is 1. The molecular formula is C12H17N3O2. The van der Waals surface area contributed by atoms with Gasteiger partial charge in [-0.05, 0) is 13.0 Å². The van der Waals surface area contributed by atoms with E-state index in [0.29, 0.717) is 19.5 Å². The van der Waals surface area contributed by atoms with E-state index in [2.05, 4.69) is 10.3 Å². The van der Waals surface area contributed by atoms with Crippen molar-refractivity contribution in [1.82, 2.24) is 10.3 Å². The van der Waals surface area contributed by atoms with Crippen LogP contribution in [0.3, 0.4) is 0 Å². The second-order valence-electron chi connectivity index (χ2n) is 4.18. The van der Waals surface area contributed by atoms with Crippen LogP contribution in [0.2, 0.25) is 0 Å². The number of nitrogens with zero attached hydrogens (tertiary/aromatic N) is 2. The third-order valence-electron chi connectivity index (χ3n) is 2.88. The van der Waals surface area contributed by atoms with Gasteiger partial charge in [-0.25, -0.2) is 4.98 Å². The Morgan fingerprint density at radius 2 is 2.35 bits per heavy atom. The molecule has 0 spiro atoms. The molecule has 0 unspecified atom stereocenters. The Bertz CT molecular complexity index is 406. The Morgan fingerprint density at radius 1 is 1.53 bits per heavy atom. The number of pyridine rings is 1. The Labute approximate surface area is 100 Å². The van der Waals surface area contributed by atoms with E-state index < -0.39 is 6.10 Å². The van der Waals surface area contributed by atoms with Gasteiger partial charge >= 0.3 is 0 Å². The molecule has 92 valence electrons. The molecule has 0 radical (unpaired) electrons. The van der Waals surface area contributed by atoms with Crippen LogP contribution >= 0.6 is 0 Å². The Morgan fingerprint density at radius 3 is 3.12 bits per heavy atom. The van der Waals surface area contributed by atoms with Crippen molar-refractivity contribution in [2.75, 3.05) is 24.5 Å². The smallest absolute Gasteiger partial charge is 0.221 e. The number of carbonyl (C=O) groups excluding carboxylic acids is 1. The van der Waals surface area contributed by atoms with Crippen molar-refractivity contribution in [2.45, 2.75) is 19.4 Å². The molecule has 1 aliphatic heterocycles. The van der Waals surface area contributed by atoms with Gasteiger partial charge in [0.25, 0.3) is 0 Å². The van der Waals surface area contributed by atoms with Gasteiger partial charge in [0.05, 0.1) is 6.10 Å². The predicted molar refractivity (Wildman–Crippen MR) is 64.7 cm³/mol. The minimum Gasteiger partial charge on any atom is -0.389 e. The first kappa shape index (κ1) is 11.9. The molecule has 1 atom stereocenters. The maximum absolute atomic E-state index is 11.3. The number of anilines is 1. The summed E-state index contributed by atoms with van der Waals surface area (Å²) in [4.78, 5) is 17.6. The van der Waals surface area contributed by atoms with Crippen molar-refractivity contribution in [3.63, 3.8) is 0 Å². The molecule has 1 aromatic rings. The molecule has 1 saturated heterocycles. The molecule has 2 N–H and O–H groups in total. The number of rotatable bonds is 2. The van der Waals surface area contributed by atoms with Crippen molar-refractivity contribution >= 4 is 11.7 Å². The Kier molecular flexibility index (Phi) is 3.58. The molecule has 0 aromatic carbocycles. The lowest BCUT2D eigenvalue weighted by Crippen LogP contribution is -2.30. The normalized spacial score (nSPS) is 18.5. The molecule has 1 fully saturated rings. The maximum Gasteiger partial charge on any atom is 0.221 e. The first-order chi connectivity index (χ1) is 8.18. The Hall–Kier alpha value is -1.62. The minimum atomic E-state index is -0.550. The van der Waals surface area contributed by atoms with Crippen LogP contribution in [0.4, 0.5) is 5.82 Å². The molecule has 2 heterocycles. The molecule has 0 aliphatic carbocycles. The van der Waals surface area contributed by atoms with Gasteiger partial charge in [-0.2, -0.15) is 0 Å². The number of aliphatic hydroxyl groups is 1. The van der Waals surface area contributed by atoms with Crippen molar-refractivity contribution < 1.29 is 9.90 Å². The number of aliphatic hydroxyl groups excluding tert-OH is 1. The fourth-order valence-electron chi connectivity index (χ4n) is 1.98. The second-order valence-corrected chi connectivity index (χ2v) is 4.18. The predicted octanol–water partition coefficient (Wildman–Crippen LogP) is 0.461. The third-order valence-corrected chi connectivity index (χ3v) is 2.88. The summed E-state index contributed by atoms with van der Waals surface area (Å²) in [6.07, 6.45) is 1.63. The summed E-state index contributed by atoms with van der Waals surface area (Å²) in [6.45, 7) is 3.71. The van der Waals surface area contributed by atoms with Gasteiger partial charge in [0.1, 0.15) is 5.82 Å². The molecule has 2 rings (SSSR count). The van der Waals surface area contributed by atoms with Crippen molar-refractivity contribution in [3.8, 4) is 0 Å². The van der Waals surface area contributed by atoms with E-state index in [1.54, 1.807) is 13.1 Å². The van der Waals surface area contributed by atoms with Crippen LogP contribution in [0.5, 0.6) is 0 Å². The summed E-state index contributed by atoms with van der Waals surface area (Å²) in [6, 6.07) is 3.68. The van der Waals surface area contributed by atoms with Crippen LogP contribution in [-0.2, 0) is 4.79 Å². The molecule has 5 heteroatoms. The first-order valence-electron chi connectivity index (χ1n) is 5.83. The molecule has 1 aromatic heterocycles. The second kappa shape index (κ2) is 5.14. The van der Waals surface area contributed by atoms with Gasteiger partial charge < -0.3 is 15.3 Å². The van der Waals surface area contributed by atoms with E-state index in [4.69, 9.17) is 0 Å². The SMILES string of the molecule is C[C@@H](O)c1cccnc1N1CCNC(=O)CC1. The fourth-order valence-corrected chi connectivity index (χ4v) is 1.98. The summed E-state index contributed by atoms with van der Waals surface area (Å²) in [7, 11) is 0. The van der Waals surface area contributed by atoms with Crippen LogP contribution < -0.4 is 10.2 Å². The molecule has 1 aliphatic rings. The summed E-state index contributed by atoms with van der Waals surface area (Å²) in [5.74, 6) is 0.848. The number of hydrogen-bond acceptors (Lipinski definition) is 4. The van der Waals surface area contributed by atoms with Crippen LogP contribution in [-0.4, -0.2) is 35.6 Å². The number of aromatic nitrogens is 1. The van der Waals surface area contributed by atoms with Crippen LogP contribution in [0.1, 0.15) is 25.0 Å². The molecule has 5 nitrogen and oxygen atoms in total. The summed E-state index contributed by atoms with van der Waals surface area (Å²) >= 11 is 0. The largest absolute Gasteiger partial charge is 0.389 e. The van der Waals surface area contributed by atoms with Crippen LogP contribution in [0.15, 0.2) is 18.3 Å². The van der Waals surface area contributed by atoms with Crippen molar-refractivity contribution in [2.24, 2.45) is 0 Å². The zero-order valence-electron chi connectivity index (χ0n) is 9.89.